The molecular formula is CH3N3O2S. The standard InChI is InChI=1S/CH3N3O2S/c2-1-3-6-7(5)4-1/h(H3,2,3,4). The average Bonchev–Trinajstić information content (AvgIpc) is 1.87. The highest BCUT2D eigenvalue weighted by atomic mass is 32.2. The molecule has 0 aromatic heterocycles. The van der Waals surface area contributed by atoms with Crippen molar-refractivity contribution in [2.24, 2.45) is 10.9 Å². The zero-order chi connectivity index (χ0) is 5.28. The van der Waals surface area contributed by atoms with Gasteiger partial charge in [-0.2, -0.15) is 4.21 Å². The van der Waals surface area contributed by atoms with Crippen molar-refractivity contribution in [3.05, 3.63) is 0 Å². The van der Waals surface area contributed by atoms with Crippen molar-refractivity contribution >= 4 is 17.2 Å². The van der Waals surface area contributed by atoms with Crippen molar-refractivity contribution in [3.63, 3.8) is 0 Å². The minimum absolute atomic E-state index is 0.0540. The molecule has 7 heavy (non-hydrogen) atoms. The predicted molar refractivity (Wildman–Crippen MR) is 24.0 cm³/mol. The molecule has 5 nitrogen and oxygen atoms in total. The number of hydrogen-bond acceptors (Lipinski definition) is 4. The summed E-state index contributed by atoms with van der Waals surface area (Å²) in [4.78, 5) is 0. The molecule has 1 aliphatic rings. The van der Waals surface area contributed by atoms with Crippen LogP contribution in [0.4, 0.5) is 0 Å². The van der Waals surface area contributed by atoms with Gasteiger partial charge in [-0.3, -0.25) is 4.28 Å². The van der Waals surface area contributed by atoms with Crippen LogP contribution in [0.15, 0.2) is 5.16 Å². The van der Waals surface area contributed by atoms with Gasteiger partial charge in [0.1, 0.15) is 0 Å². The molecule has 0 spiro atoms. The minimum Gasteiger partial charge on any atom is -0.366 e. The molecule has 1 unspecified atom stereocenters. The fourth-order valence-electron chi connectivity index (χ4n) is 0.197. The molecule has 1 aliphatic heterocycles. The fraction of sp³-hybridized carbons (Fsp3) is 0. The zero-order valence-electron chi connectivity index (χ0n) is 3.25. The Kier molecular flexibility index (Phi) is 0.861. The van der Waals surface area contributed by atoms with Crippen molar-refractivity contribution in [2.45, 2.75) is 0 Å². The molecule has 0 fully saturated rings. The Labute approximate surface area is 42.3 Å². The summed E-state index contributed by atoms with van der Waals surface area (Å²) < 4.78 is 16.3. The Bertz CT molecular complexity index is 131. The molecule has 1 heterocycles. The Morgan fingerprint density at radius 3 is 2.86 bits per heavy atom. The van der Waals surface area contributed by atoms with Gasteiger partial charge in [-0.15, -0.1) is 0 Å². The zero-order valence-corrected chi connectivity index (χ0v) is 4.07. The maximum Gasteiger partial charge on any atom is 0.339 e. The van der Waals surface area contributed by atoms with Crippen LogP contribution in [0, 0.1) is 0 Å². The van der Waals surface area contributed by atoms with Crippen molar-refractivity contribution in [1.29, 1.82) is 0 Å². The Hall–Kier alpha value is -0.780. The smallest absolute Gasteiger partial charge is 0.339 e. The van der Waals surface area contributed by atoms with Crippen molar-refractivity contribution < 1.29 is 8.49 Å². The van der Waals surface area contributed by atoms with Gasteiger partial charge in [0.25, 0.3) is 0 Å². The number of nitrogens with zero attached hydrogens (tertiary/aromatic N) is 1. The summed E-state index contributed by atoms with van der Waals surface area (Å²) in [5.41, 5.74) is 4.95. The molecule has 0 radical (unpaired) electrons. The van der Waals surface area contributed by atoms with E-state index >= 15 is 0 Å². The number of hydrogen-bond donors (Lipinski definition) is 2. The van der Waals surface area contributed by atoms with Crippen LogP contribution in [0.25, 0.3) is 0 Å². The summed E-state index contributed by atoms with van der Waals surface area (Å²) in [5.74, 6) is 0.0540. The van der Waals surface area contributed by atoms with E-state index in [0.717, 1.165) is 0 Å². The predicted octanol–water partition coefficient (Wildman–Crippen LogP) is -1.59. The minimum atomic E-state index is -1.53. The summed E-state index contributed by atoms with van der Waals surface area (Å²) in [5, 5.41) is 3.10. The lowest BCUT2D eigenvalue weighted by atomic mass is 11.1. The van der Waals surface area contributed by atoms with Gasteiger partial charge in [0.05, 0.1) is 0 Å². The lowest BCUT2D eigenvalue weighted by Crippen LogP contribution is -2.26. The molecule has 1 rings (SSSR count). The Balaban J connectivity index is 2.58. The number of guanidine groups is 1. The van der Waals surface area contributed by atoms with Gasteiger partial charge in [0.15, 0.2) is 0 Å². The molecule has 0 aromatic rings. The fourth-order valence-corrected chi connectivity index (χ4v) is 0.590. The first kappa shape index (κ1) is 4.38. The molecule has 1 atom stereocenters. The van der Waals surface area contributed by atoms with Gasteiger partial charge in [-0.25, -0.2) is 4.72 Å². The third-order valence-corrected chi connectivity index (χ3v) is 0.977. The van der Waals surface area contributed by atoms with Gasteiger partial charge >= 0.3 is 11.3 Å². The van der Waals surface area contributed by atoms with Crippen LogP contribution < -0.4 is 10.5 Å². The molecule has 0 aromatic carbocycles. The van der Waals surface area contributed by atoms with Crippen LogP contribution in [0.2, 0.25) is 0 Å². The molecular weight excluding hydrogens is 118 g/mol. The molecule has 0 saturated heterocycles. The van der Waals surface area contributed by atoms with E-state index in [1.165, 1.54) is 0 Å². The van der Waals surface area contributed by atoms with E-state index in [4.69, 9.17) is 5.73 Å². The normalized spacial score (nSPS) is 28.0. The van der Waals surface area contributed by atoms with Gasteiger partial charge in [-0.05, 0) is 5.16 Å². The van der Waals surface area contributed by atoms with E-state index in [2.05, 4.69) is 14.2 Å². The highest BCUT2D eigenvalue weighted by Gasteiger charge is 2.08. The molecule has 0 amide bonds. The summed E-state index contributed by atoms with van der Waals surface area (Å²) in [7, 11) is 0. The molecule has 0 bridgehead atoms. The Morgan fingerprint density at radius 1 is 2.00 bits per heavy atom. The molecule has 0 saturated carbocycles. The van der Waals surface area contributed by atoms with Crippen molar-refractivity contribution in [3.8, 4) is 0 Å². The van der Waals surface area contributed by atoms with Gasteiger partial charge < -0.3 is 5.73 Å². The van der Waals surface area contributed by atoms with E-state index in [-0.39, 0.29) is 5.96 Å². The number of nitrogens with two attached hydrogens (primary N) is 1. The van der Waals surface area contributed by atoms with Crippen LogP contribution in [0.1, 0.15) is 0 Å². The molecule has 0 aliphatic carbocycles. The first-order valence-electron chi connectivity index (χ1n) is 1.48. The molecule has 40 valence electrons. The first-order valence-corrected chi connectivity index (χ1v) is 2.56. The second kappa shape index (κ2) is 1.38. The number of nitrogens with one attached hydrogen (secondary N) is 1. The SMILES string of the molecule is NC1=NOS(=O)N1. The maximum absolute atomic E-state index is 10.0. The maximum atomic E-state index is 10.0. The van der Waals surface area contributed by atoms with Gasteiger partial charge in [0.2, 0.25) is 5.96 Å². The van der Waals surface area contributed by atoms with Crippen LogP contribution in [-0.4, -0.2) is 10.2 Å². The molecule has 3 N–H and O–H groups in total. The summed E-state index contributed by atoms with van der Waals surface area (Å²) in [6.45, 7) is 0. The second-order valence-electron chi connectivity index (χ2n) is 0.888. The number of oxime groups is 1. The topological polar surface area (TPSA) is 76.7 Å². The average molecular weight is 121 g/mol. The lowest BCUT2D eigenvalue weighted by molar-refractivity contribution is 0.385. The lowest BCUT2D eigenvalue weighted by Gasteiger charge is -1.81. The third-order valence-electron chi connectivity index (χ3n) is 0.391. The first-order chi connectivity index (χ1) is 3.29. The second-order valence-corrected chi connectivity index (χ2v) is 1.71. The number of rotatable bonds is 0. The Morgan fingerprint density at radius 2 is 2.71 bits per heavy atom. The highest BCUT2D eigenvalue weighted by molar-refractivity contribution is 7.79. The van der Waals surface area contributed by atoms with Gasteiger partial charge in [-0.1, -0.05) is 0 Å². The van der Waals surface area contributed by atoms with Crippen LogP contribution in [-0.2, 0) is 15.6 Å². The summed E-state index contributed by atoms with van der Waals surface area (Å²) >= 11 is -1.53. The monoisotopic (exact) mass is 121 g/mol. The largest absolute Gasteiger partial charge is 0.366 e. The van der Waals surface area contributed by atoms with Crippen LogP contribution >= 0.6 is 0 Å². The quantitative estimate of drug-likeness (QED) is 0.406. The van der Waals surface area contributed by atoms with E-state index < -0.39 is 11.3 Å². The van der Waals surface area contributed by atoms with Gasteiger partial charge in [0, 0.05) is 0 Å². The van der Waals surface area contributed by atoms with Crippen molar-refractivity contribution in [1.82, 2.24) is 4.72 Å². The van der Waals surface area contributed by atoms with E-state index in [1.807, 2.05) is 0 Å². The highest BCUT2D eigenvalue weighted by Crippen LogP contribution is 1.87. The van der Waals surface area contributed by atoms with Crippen LogP contribution in [0.3, 0.4) is 0 Å². The third kappa shape index (κ3) is 0.801. The van der Waals surface area contributed by atoms with Crippen LogP contribution in [0.5, 0.6) is 0 Å². The molecule has 6 heteroatoms. The van der Waals surface area contributed by atoms with E-state index in [0.29, 0.717) is 0 Å². The summed E-state index contributed by atoms with van der Waals surface area (Å²) in [6.07, 6.45) is 0. The van der Waals surface area contributed by atoms with Crippen molar-refractivity contribution in [2.75, 3.05) is 0 Å². The van der Waals surface area contributed by atoms with E-state index in [1.54, 1.807) is 0 Å². The summed E-state index contributed by atoms with van der Waals surface area (Å²) in [6, 6.07) is 0. The van der Waals surface area contributed by atoms with E-state index in [9.17, 15) is 4.21 Å².